The smallest absolute Gasteiger partial charge is 0.310 e. The average Bonchev–Trinajstić information content (AvgIpc) is 2.63. The van der Waals surface area contributed by atoms with E-state index in [0.29, 0.717) is 6.54 Å². The number of aryl methyl sites for hydroxylation is 1. The van der Waals surface area contributed by atoms with Crippen LogP contribution in [-0.4, -0.2) is 22.6 Å². The third-order valence-corrected chi connectivity index (χ3v) is 2.19. The molecule has 0 saturated carbocycles. The van der Waals surface area contributed by atoms with Crippen LogP contribution in [0.1, 0.15) is 19.7 Å². The van der Waals surface area contributed by atoms with Crippen LogP contribution in [0.2, 0.25) is 0 Å². The Morgan fingerprint density at radius 2 is 2.43 bits per heavy atom. The largest absolute Gasteiger partial charge is 0.469 e. The Balaban J connectivity index is 2.64. The molecule has 1 rings (SSSR count). The first-order valence-electron chi connectivity index (χ1n) is 4.76. The first-order chi connectivity index (χ1) is 6.69. The van der Waals surface area contributed by atoms with Crippen molar-refractivity contribution in [3.05, 3.63) is 18.2 Å². The molecular weight excluding hydrogens is 180 g/mol. The van der Waals surface area contributed by atoms with Crippen LogP contribution in [-0.2, 0) is 22.5 Å². The van der Waals surface area contributed by atoms with E-state index in [1.165, 1.54) is 7.11 Å². The van der Waals surface area contributed by atoms with Gasteiger partial charge in [-0.25, -0.2) is 4.98 Å². The average molecular weight is 196 g/mol. The molecule has 1 aromatic rings. The second-order valence-corrected chi connectivity index (χ2v) is 3.27. The molecule has 14 heavy (non-hydrogen) atoms. The van der Waals surface area contributed by atoms with Crippen molar-refractivity contribution in [1.29, 1.82) is 0 Å². The van der Waals surface area contributed by atoms with E-state index in [2.05, 4.69) is 9.72 Å². The molecule has 78 valence electrons. The van der Waals surface area contributed by atoms with E-state index in [9.17, 15) is 4.79 Å². The first-order valence-corrected chi connectivity index (χ1v) is 4.76. The van der Waals surface area contributed by atoms with Gasteiger partial charge in [0, 0.05) is 25.4 Å². The molecule has 4 heteroatoms. The summed E-state index contributed by atoms with van der Waals surface area (Å²) in [5.41, 5.74) is 0. The Morgan fingerprint density at radius 1 is 1.71 bits per heavy atom. The molecule has 0 amide bonds. The van der Waals surface area contributed by atoms with Crippen molar-refractivity contribution < 1.29 is 9.53 Å². The lowest BCUT2D eigenvalue weighted by Gasteiger charge is -2.11. The highest BCUT2D eigenvalue weighted by molar-refractivity contribution is 5.71. The van der Waals surface area contributed by atoms with E-state index in [1.807, 2.05) is 24.6 Å². The van der Waals surface area contributed by atoms with Gasteiger partial charge in [-0.2, -0.15) is 0 Å². The van der Waals surface area contributed by atoms with Crippen LogP contribution in [0.4, 0.5) is 0 Å². The van der Waals surface area contributed by atoms with Gasteiger partial charge in [-0.15, -0.1) is 0 Å². The third-order valence-electron chi connectivity index (χ3n) is 2.19. The number of rotatable bonds is 4. The van der Waals surface area contributed by atoms with Crippen LogP contribution >= 0.6 is 0 Å². The Labute approximate surface area is 83.9 Å². The van der Waals surface area contributed by atoms with Gasteiger partial charge in [0.25, 0.3) is 0 Å². The molecule has 0 fully saturated rings. The molecule has 0 spiro atoms. The van der Waals surface area contributed by atoms with Crippen molar-refractivity contribution in [3.63, 3.8) is 0 Å². The fourth-order valence-corrected chi connectivity index (χ4v) is 1.39. The van der Waals surface area contributed by atoms with Gasteiger partial charge in [0.15, 0.2) is 0 Å². The number of methoxy groups -OCH3 is 1. The summed E-state index contributed by atoms with van der Waals surface area (Å²) < 4.78 is 6.65. The van der Waals surface area contributed by atoms with E-state index < -0.39 is 0 Å². The van der Waals surface area contributed by atoms with Gasteiger partial charge >= 0.3 is 5.97 Å². The van der Waals surface area contributed by atoms with Crippen molar-refractivity contribution in [2.24, 2.45) is 5.92 Å². The number of nitrogens with zero attached hydrogens (tertiary/aromatic N) is 2. The van der Waals surface area contributed by atoms with Crippen LogP contribution in [0.3, 0.4) is 0 Å². The summed E-state index contributed by atoms with van der Waals surface area (Å²) in [6, 6.07) is 0. The van der Waals surface area contributed by atoms with Crippen molar-refractivity contribution >= 4 is 5.97 Å². The molecule has 1 atom stereocenters. The van der Waals surface area contributed by atoms with E-state index >= 15 is 0 Å². The van der Waals surface area contributed by atoms with E-state index in [0.717, 1.165) is 12.2 Å². The summed E-state index contributed by atoms with van der Waals surface area (Å²) in [5, 5.41) is 0. The Morgan fingerprint density at radius 3 is 3.00 bits per heavy atom. The van der Waals surface area contributed by atoms with Gasteiger partial charge in [-0.05, 0) is 0 Å². The number of hydrogen-bond donors (Lipinski definition) is 0. The lowest BCUT2D eigenvalue weighted by Crippen LogP contribution is -2.19. The number of hydrogen-bond acceptors (Lipinski definition) is 3. The third kappa shape index (κ3) is 2.34. The molecular formula is C10H16N2O2. The fraction of sp³-hybridized carbons (Fsp3) is 0.600. The molecule has 1 unspecified atom stereocenters. The number of ether oxygens (including phenoxy) is 1. The van der Waals surface area contributed by atoms with E-state index in [-0.39, 0.29) is 11.9 Å². The zero-order valence-corrected chi connectivity index (χ0v) is 8.86. The topological polar surface area (TPSA) is 44.1 Å². The van der Waals surface area contributed by atoms with Crippen molar-refractivity contribution in [3.8, 4) is 0 Å². The fourth-order valence-electron chi connectivity index (χ4n) is 1.39. The molecule has 0 bridgehead atoms. The van der Waals surface area contributed by atoms with Gasteiger partial charge in [-0.3, -0.25) is 4.79 Å². The standard InChI is InChI=1S/C10H16N2O2/c1-4-9-11-5-6-12(9)7-8(2)10(13)14-3/h5-6,8H,4,7H2,1-3H3. The lowest BCUT2D eigenvalue weighted by atomic mass is 10.2. The second kappa shape index (κ2) is 4.79. The predicted octanol–water partition coefficient (Wildman–Crippen LogP) is 1.25. The maximum absolute atomic E-state index is 11.2. The zero-order chi connectivity index (χ0) is 10.6. The summed E-state index contributed by atoms with van der Waals surface area (Å²) in [7, 11) is 1.41. The van der Waals surface area contributed by atoms with Crippen LogP contribution in [0.5, 0.6) is 0 Å². The Bertz CT molecular complexity index is 307. The molecule has 4 nitrogen and oxygen atoms in total. The molecule has 0 N–H and O–H groups in total. The zero-order valence-electron chi connectivity index (χ0n) is 8.86. The minimum atomic E-state index is -0.180. The van der Waals surface area contributed by atoms with Crippen LogP contribution in [0.25, 0.3) is 0 Å². The second-order valence-electron chi connectivity index (χ2n) is 3.27. The van der Waals surface area contributed by atoms with Gasteiger partial charge in [0.1, 0.15) is 5.82 Å². The number of carbonyl (C=O) groups excluding carboxylic acids is 1. The maximum atomic E-state index is 11.2. The molecule has 0 radical (unpaired) electrons. The Kier molecular flexibility index (Phi) is 3.68. The summed E-state index contributed by atoms with van der Waals surface area (Å²) in [5.74, 6) is 0.695. The number of carbonyl (C=O) groups is 1. The molecule has 1 aromatic heterocycles. The van der Waals surface area contributed by atoms with E-state index in [4.69, 9.17) is 0 Å². The van der Waals surface area contributed by atoms with Gasteiger partial charge < -0.3 is 9.30 Å². The maximum Gasteiger partial charge on any atom is 0.310 e. The highest BCUT2D eigenvalue weighted by atomic mass is 16.5. The normalized spacial score (nSPS) is 12.5. The number of imidazole rings is 1. The first kappa shape index (κ1) is 10.8. The van der Waals surface area contributed by atoms with Gasteiger partial charge in [0.2, 0.25) is 0 Å². The van der Waals surface area contributed by atoms with Crippen molar-refractivity contribution in [2.75, 3.05) is 7.11 Å². The lowest BCUT2D eigenvalue weighted by molar-refractivity contribution is -0.145. The monoisotopic (exact) mass is 196 g/mol. The van der Waals surface area contributed by atoms with Crippen LogP contribution < -0.4 is 0 Å². The number of aromatic nitrogens is 2. The van der Waals surface area contributed by atoms with Crippen molar-refractivity contribution in [2.45, 2.75) is 26.8 Å². The van der Waals surface area contributed by atoms with Gasteiger partial charge in [-0.1, -0.05) is 13.8 Å². The summed E-state index contributed by atoms with van der Waals surface area (Å²) >= 11 is 0. The highest BCUT2D eigenvalue weighted by Crippen LogP contribution is 2.06. The van der Waals surface area contributed by atoms with Crippen molar-refractivity contribution in [1.82, 2.24) is 9.55 Å². The quantitative estimate of drug-likeness (QED) is 0.681. The molecule has 0 aliphatic carbocycles. The molecule has 0 aromatic carbocycles. The van der Waals surface area contributed by atoms with Crippen LogP contribution in [0.15, 0.2) is 12.4 Å². The van der Waals surface area contributed by atoms with Crippen LogP contribution in [0, 0.1) is 5.92 Å². The molecule has 1 heterocycles. The Hall–Kier alpha value is -1.32. The predicted molar refractivity (Wildman–Crippen MR) is 52.8 cm³/mol. The minimum absolute atomic E-state index is 0.125. The molecule has 0 aliphatic heterocycles. The summed E-state index contributed by atoms with van der Waals surface area (Å²) in [6.07, 6.45) is 4.52. The minimum Gasteiger partial charge on any atom is -0.469 e. The summed E-state index contributed by atoms with van der Waals surface area (Å²) in [6.45, 7) is 4.53. The SMILES string of the molecule is CCc1nccn1CC(C)C(=O)OC. The highest BCUT2D eigenvalue weighted by Gasteiger charge is 2.14. The van der Waals surface area contributed by atoms with Gasteiger partial charge in [0.05, 0.1) is 13.0 Å². The molecule has 0 aliphatic rings. The molecule has 0 saturated heterocycles. The summed E-state index contributed by atoms with van der Waals surface area (Å²) in [4.78, 5) is 15.4. The number of esters is 1. The van der Waals surface area contributed by atoms with E-state index in [1.54, 1.807) is 6.20 Å².